The maximum atomic E-state index is 11.4. The average Bonchev–Trinajstić information content (AvgIpc) is 2.60. The van der Waals surface area contributed by atoms with Crippen molar-refractivity contribution in [1.29, 1.82) is 0 Å². The van der Waals surface area contributed by atoms with Gasteiger partial charge in [-0.1, -0.05) is 0 Å². The largest absolute Gasteiger partial charge is 0.481 e. The lowest BCUT2D eigenvalue weighted by Crippen LogP contribution is -2.14. The maximum Gasteiger partial charge on any atom is 0.303 e. The lowest BCUT2D eigenvalue weighted by molar-refractivity contribution is -0.138. The number of ketones is 2. The van der Waals surface area contributed by atoms with Gasteiger partial charge in [-0.15, -0.1) is 11.3 Å². The topological polar surface area (TPSA) is 71.4 Å². The number of carbonyl (C=O) groups excluding carboxylic acids is 2. The molecule has 1 N–H and O–H groups in total. The third kappa shape index (κ3) is 3.56. The molecule has 6 heteroatoms. The van der Waals surface area contributed by atoms with Crippen LogP contribution in [-0.4, -0.2) is 22.6 Å². The van der Waals surface area contributed by atoms with Crippen LogP contribution in [0.25, 0.3) is 0 Å². The average molecular weight is 291 g/mol. The van der Waals surface area contributed by atoms with Crippen LogP contribution in [0.15, 0.2) is 15.9 Å². The molecule has 0 saturated carbocycles. The second kappa shape index (κ2) is 5.18. The Morgan fingerprint density at radius 1 is 1.27 bits per heavy atom. The van der Waals surface area contributed by atoms with Gasteiger partial charge < -0.3 is 5.11 Å². The summed E-state index contributed by atoms with van der Waals surface area (Å²) in [5, 5.41) is 8.35. The van der Waals surface area contributed by atoms with Gasteiger partial charge >= 0.3 is 5.97 Å². The lowest BCUT2D eigenvalue weighted by atomic mass is 10.1. The Bertz CT molecular complexity index is 410. The van der Waals surface area contributed by atoms with Crippen LogP contribution < -0.4 is 0 Å². The standard InChI is InChI=1S/C9H7BrO4S/c10-7-3-2-6(15-7)9(14)5(11)1-4-8(12)13/h2-3H,1,4H2,(H,12,13). The summed E-state index contributed by atoms with van der Waals surface area (Å²) in [6.45, 7) is 0. The first-order chi connectivity index (χ1) is 7.00. The van der Waals surface area contributed by atoms with E-state index in [0.29, 0.717) is 4.88 Å². The van der Waals surface area contributed by atoms with E-state index in [-0.39, 0.29) is 12.8 Å². The van der Waals surface area contributed by atoms with Crippen LogP contribution in [-0.2, 0) is 9.59 Å². The number of rotatable bonds is 5. The third-order valence-corrected chi connectivity index (χ3v) is 3.24. The fourth-order valence-electron chi connectivity index (χ4n) is 0.908. The van der Waals surface area contributed by atoms with Gasteiger partial charge in [0, 0.05) is 6.42 Å². The number of carboxylic acids is 1. The zero-order chi connectivity index (χ0) is 11.4. The molecule has 0 fully saturated rings. The summed E-state index contributed by atoms with van der Waals surface area (Å²) in [5.74, 6) is -2.36. The van der Waals surface area contributed by atoms with Gasteiger partial charge in [-0.3, -0.25) is 14.4 Å². The van der Waals surface area contributed by atoms with Crippen LogP contribution in [0.3, 0.4) is 0 Å². The first kappa shape index (κ1) is 12.1. The van der Waals surface area contributed by atoms with Crippen LogP contribution in [0.5, 0.6) is 0 Å². The van der Waals surface area contributed by atoms with Crippen LogP contribution in [0.4, 0.5) is 0 Å². The highest BCUT2D eigenvalue weighted by Crippen LogP contribution is 2.22. The van der Waals surface area contributed by atoms with E-state index in [1.54, 1.807) is 6.07 Å². The highest BCUT2D eigenvalue weighted by molar-refractivity contribution is 9.11. The van der Waals surface area contributed by atoms with Crippen molar-refractivity contribution in [2.45, 2.75) is 12.8 Å². The predicted octanol–water partition coefficient (Wildman–Crippen LogP) is 2.13. The monoisotopic (exact) mass is 290 g/mol. The molecule has 0 aromatic carbocycles. The number of Topliss-reactive ketones (excluding diaryl/α,β-unsaturated/α-hetero) is 2. The molecule has 80 valence electrons. The molecule has 0 bridgehead atoms. The second-order valence-corrected chi connectivity index (χ2v) is 5.21. The number of aliphatic carboxylic acids is 1. The smallest absolute Gasteiger partial charge is 0.303 e. The van der Waals surface area contributed by atoms with Crippen molar-refractivity contribution in [3.8, 4) is 0 Å². The van der Waals surface area contributed by atoms with E-state index in [9.17, 15) is 14.4 Å². The molecule has 0 radical (unpaired) electrons. The fourth-order valence-corrected chi connectivity index (χ4v) is 2.25. The highest BCUT2D eigenvalue weighted by atomic mass is 79.9. The van der Waals surface area contributed by atoms with Crippen molar-refractivity contribution in [3.05, 3.63) is 20.8 Å². The molecule has 0 unspecified atom stereocenters. The Kier molecular flexibility index (Phi) is 4.16. The minimum Gasteiger partial charge on any atom is -0.481 e. The molecule has 0 amide bonds. The number of thiophene rings is 1. The van der Waals surface area contributed by atoms with Crippen LogP contribution in [0.1, 0.15) is 22.5 Å². The molecule has 0 aliphatic heterocycles. The van der Waals surface area contributed by atoms with Crippen LogP contribution in [0, 0.1) is 0 Å². The van der Waals surface area contributed by atoms with Gasteiger partial charge in [-0.25, -0.2) is 0 Å². The molecule has 0 aliphatic carbocycles. The van der Waals surface area contributed by atoms with Crippen molar-refractivity contribution < 1.29 is 19.5 Å². The molecule has 1 heterocycles. The van der Waals surface area contributed by atoms with Gasteiger partial charge in [0.15, 0.2) is 0 Å². The maximum absolute atomic E-state index is 11.4. The molecule has 1 aromatic heterocycles. The molecular formula is C9H7BrO4S. The Balaban J connectivity index is 2.61. The number of hydrogen-bond donors (Lipinski definition) is 1. The molecule has 0 spiro atoms. The molecule has 0 atom stereocenters. The van der Waals surface area contributed by atoms with E-state index in [0.717, 1.165) is 15.1 Å². The quantitative estimate of drug-likeness (QED) is 0.666. The second-order valence-electron chi connectivity index (χ2n) is 2.75. The van der Waals surface area contributed by atoms with E-state index in [2.05, 4.69) is 15.9 Å². The molecular weight excluding hydrogens is 284 g/mol. The van der Waals surface area contributed by atoms with Crippen molar-refractivity contribution in [1.82, 2.24) is 0 Å². The van der Waals surface area contributed by atoms with Gasteiger partial charge in [0.05, 0.1) is 15.1 Å². The van der Waals surface area contributed by atoms with Gasteiger partial charge in [0.1, 0.15) is 0 Å². The summed E-state index contributed by atoms with van der Waals surface area (Å²) in [7, 11) is 0. The number of carbonyl (C=O) groups is 3. The van der Waals surface area contributed by atoms with E-state index in [1.807, 2.05) is 0 Å². The number of carboxylic acid groups (broad SMARTS) is 1. The van der Waals surface area contributed by atoms with Gasteiger partial charge in [0.2, 0.25) is 11.6 Å². The van der Waals surface area contributed by atoms with E-state index in [1.165, 1.54) is 6.07 Å². The Hall–Kier alpha value is -1.01. The van der Waals surface area contributed by atoms with Crippen molar-refractivity contribution in [2.75, 3.05) is 0 Å². The summed E-state index contributed by atoms with van der Waals surface area (Å²) in [5.41, 5.74) is 0. The summed E-state index contributed by atoms with van der Waals surface area (Å²) in [6, 6.07) is 3.21. The fraction of sp³-hybridized carbons (Fsp3) is 0.222. The van der Waals surface area contributed by atoms with Crippen molar-refractivity contribution in [2.24, 2.45) is 0 Å². The van der Waals surface area contributed by atoms with Gasteiger partial charge in [0.25, 0.3) is 0 Å². The first-order valence-electron chi connectivity index (χ1n) is 4.05. The summed E-state index contributed by atoms with van der Waals surface area (Å²) < 4.78 is 0.761. The molecule has 1 rings (SSSR count). The van der Waals surface area contributed by atoms with E-state index in [4.69, 9.17) is 5.11 Å². The SMILES string of the molecule is O=C(O)CCC(=O)C(=O)c1ccc(Br)s1. The van der Waals surface area contributed by atoms with E-state index < -0.39 is 17.5 Å². The number of halogens is 1. The highest BCUT2D eigenvalue weighted by Gasteiger charge is 2.18. The Morgan fingerprint density at radius 3 is 2.40 bits per heavy atom. The Morgan fingerprint density at radius 2 is 1.93 bits per heavy atom. The zero-order valence-electron chi connectivity index (χ0n) is 7.53. The predicted molar refractivity (Wildman–Crippen MR) is 58.2 cm³/mol. The van der Waals surface area contributed by atoms with Crippen LogP contribution in [0.2, 0.25) is 0 Å². The summed E-state index contributed by atoms with van der Waals surface area (Å²) >= 11 is 4.33. The molecule has 0 aliphatic rings. The van der Waals surface area contributed by atoms with Gasteiger partial charge in [-0.2, -0.15) is 0 Å². The van der Waals surface area contributed by atoms with Crippen molar-refractivity contribution >= 4 is 44.8 Å². The molecule has 1 aromatic rings. The third-order valence-electron chi connectivity index (χ3n) is 1.62. The number of hydrogen-bond acceptors (Lipinski definition) is 4. The minimum atomic E-state index is -1.08. The lowest BCUT2D eigenvalue weighted by Gasteiger charge is -1.94. The molecule has 15 heavy (non-hydrogen) atoms. The minimum absolute atomic E-state index is 0.246. The zero-order valence-corrected chi connectivity index (χ0v) is 9.93. The van der Waals surface area contributed by atoms with Gasteiger partial charge in [-0.05, 0) is 28.1 Å². The first-order valence-corrected chi connectivity index (χ1v) is 5.66. The molecule has 4 nitrogen and oxygen atoms in total. The van der Waals surface area contributed by atoms with E-state index >= 15 is 0 Å². The summed E-state index contributed by atoms with van der Waals surface area (Å²) in [4.78, 5) is 33.2. The van der Waals surface area contributed by atoms with Crippen molar-refractivity contribution in [3.63, 3.8) is 0 Å². The molecule has 0 saturated heterocycles. The van der Waals surface area contributed by atoms with Crippen LogP contribution >= 0.6 is 27.3 Å². The Labute approximate surface area is 98.0 Å². The normalized spacial score (nSPS) is 9.93. The summed E-state index contributed by atoms with van der Waals surface area (Å²) in [6.07, 6.45) is -0.555.